The first-order valence-electron chi connectivity index (χ1n) is 3.88. The second kappa shape index (κ2) is 5.82. The van der Waals surface area contributed by atoms with Crippen LogP contribution in [0.4, 0.5) is 0 Å². The molecule has 0 rings (SSSR count). The van der Waals surface area contributed by atoms with Gasteiger partial charge in [0, 0.05) is 6.42 Å². The lowest BCUT2D eigenvalue weighted by Crippen LogP contribution is -2.33. The third-order valence-electron chi connectivity index (χ3n) is 1.38. The van der Waals surface area contributed by atoms with Crippen LogP contribution >= 0.6 is 7.60 Å². The number of hydrogen-bond donors (Lipinski definition) is 4. The molecule has 0 bridgehead atoms. The van der Waals surface area contributed by atoms with Crippen LogP contribution in [0, 0.1) is 0 Å². The molecule has 0 aromatic rings. The molecule has 15 heavy (non-hydrogen) atoms. The predicted octanol–water partition coefficient (Wildman–Crippen LogP) is -1.03. The van der Waals surface area contributed by atoms with Gasteiger partial charge in [-0.3, -0.25) is 9.36 Å². The summed E-state index contributed by atoms with van der Waals surface area (Å²) in [5.74, 6) is -1.27. The zero-order valence-electron chi connectivity index (χ0n) is 8.03. The lowest BCUT2D eigenvalue weighted by atomic mass is 10.1. The Labute approximate surface area is 85.9 Å². The van der Waals surface area contributed by atoms with Crippen molar-refractivity contribution in [1.29, 1.82) is 0 Å². The van der Waals surface area contributed by atoms with Gasteiger partial charge in [-0.25, -0.2) is 0 Å². The number of rotatable bonds is 6. The van der Waals surface area contributed by atoms with Crippen LogP contribution in [0.25, 0.3) is 0 Å². The molecular weight excluding hydrogens is 227 g/mol. The van der Waals surface area contributed by atoms with E-state index in [4.69, 9.17) is 20.6 Å². The lowest BCUT2D eigenvalue weighted by Gasteiger charge is -2.09. The summed E-state index contributed by atoms with van der Waals surface area (Å²) in [6, 6.07) is -1.26. The fourth-order valence-corrected chi connectivity index (χ4v) is 1.50. The first kappa shape index (κ1) is 14.1. The Morgan fingerprint density at radius 3 is 2.47 bits per heavy atom. The molecule has 0 aliphatic heterocycles. The first-order chi connectivity index (χ1) is 6.76. The van der Waals surface area contributed by atoms with Crippen molar-refractivity contribution in [3.63, 3.8) is 0 Å². The highest BCUT2D eigenvalue weighted by Gasteiger charge is 2.22. The summed E-state index contributed by atoms with van der Waals surface area (Å²) in [7, 11) is -3.11. The largest absolute Gasteiger partial charge is 0.480 e. The quantitative estimate of drug-likeness (QED) is 0.264. The molecule has 5 N–H and O–H groups in total. The van der Waals surface area contributed by atoms with Crippen LogP contribution < -0.4 is 5.73 Å². The van der Waals surface area contributed by atoms with Crippen molar-refractivity contribution < 1.29 is 29.1 Å². The van der Waals surface area contributed by atoms with Crippen molar-refractivity contribution in [3.05, 3.63) is 0 Å². The van der Waals surface area contributed by atoms with Gasteiger partial charge in [0.05, 0.1) is 11.9 Å². The second-order valence-corrected chi connectivity index (χ2v) is 4.46. The van der Waals surface area contributed by atoms with E-state index in [0.717, 1.165) is 0 Å². The van der Waals surface area contributed by atoms with Crippen LogP contribution in [-0.2, 0) is 14.2 Å². The zero-order valence-corrected chi connectivity index (χ0v) is 8.92. The van der Waals surface area contributed by atoms with E-state index in [-0.39, 0.29) is 12.1 Å². The van der Waals surface area contributed by atoms with E-state index >= 15 is 0 Å². The fraction of sp³-hybridized carbons (Fsp3) is 0.667. The molecule has 0 saturated heterocycles. The number of carboxylic acids is 1. The molecule has 0 fully saturated rings. The highest BCUT2D eigenvalue weighted by molar-refractivity contribution is 7.52. The normalized spacial score (nSPS) is 14.8. The van der Waals surface area contributed by atoms with E-state index in [0.29, 0.717) is 0 Å². The van der Waals surface area contributed by atoms with Crippen LogP contribution in [0.5, 0.6) is 0 Å². The van der Waals surface area contributed by atoms with E-state index in [2.05, 4.69) is 9.99 Å². The third-order valence-corrected chi connectivity index (χ3v) is 2.16. The summed E-state index contributed by atoms with van der Waals surface area (Å²) in [4.78, 5) is 32.0. The van der Waals surface area contributed by atoms with E-state index < -0.39 is 25.8 Å². The van der Waals surface area contributed by atoms with Crippen molar-refractivity contribution in [2.75, 3.05) is 13.3 Å². The monoisotopic (exact) mass is 240 g/mol. The molecule has 0 heterocycles. The maximum atomic E-state index is 10.6. The minimum absolute atomic E-state index is 0.0827. The summed E-state index contributed by atoms with van der Waals surface area (Å²) in [6.07, 6.45) is -0.934. The highest BCUT2D eigenvalue weighted by Crippen LogP contribution is 2.34. The number of carbonyl (C=O) groups is 1. The standard InChI is InChI=1S/C6H13N2O6P/c1-14-8-4(3-15(11,12)13)2-5(7)6(9)10/h5H,2-3,7H2,1H3,(H,9,10)(H2,11,12,13)/t5-/m0/s1. The summed E-state index contributed by atoms with van der Waals surface area (Å²) in [6.45, 7) is 0. The predicted molar refractivity (Wildman–Crippen MR) is 51.6 cm³/mol. The van der Waals surface area contributed by atoms with Crippen molar-refractivity contribution in [2.24, 2.45) is 10.9 Å². The smallest absolute Gasteiger partial charge is 0.331 e. The zero-order chi connectivity index (χ0) is 12.1. The van der Waals surface area contributed by atoms with Gasteiger partial charge in [0.1, 0.15) is 13.2 Å². The minimum atomic E-state index is -4.30. The molecule has 1 atom stereocenters. The average molecular weight is 240 g/mol. The molecular formula is C6H13N2O6P. The Kier molecular flexibility index (Phi) is 5.45. The fourth-order valence-electron chi connectivity index (χ4n) is 0.839. The first-order valence-corrected chi connectivity index (χ1v) is 5.68. The number of oxime groups is 1. The molecule has 88 valence electrons. The van der Waals surface area contributed by atoms with Crippen LogP contribution in [-0.4, -0.2) is 45.9 Å². The average Bonchev–Trinajstić information content (AvgIpc) is 2.00. The topological polar surface area (TPSA) is 142 Å². The molecule has 0 unspecified atom stereocenters. The Morgan fingerprint density at radius 1 is 1.60 bits per heavy atom. The maximum absolute atomic E-state index is 10.6. The van der Waals surface area contributed by atoms with Gasteiger partial charge < -0.3 is 25.5 Å². The lowest BCUT2D eigenvalue weighted by molar-refractivity contribution is -0.138. The summed E-state index contributed by atoms with van der Waals surface area (Å²) >= 11 is 0. The number of hydrogen-bond acceptors (Lipinski definition) is 5. The van der Waals surface area contributed by atoms with Gasteiger partial charge in [-0.15, -0.1) is 0 Å². The van der Waals surface area contributed by atoms with E-state index in [9.17, 15) is 9.36 Å². The van der Waals surface area contributed by atoms with Crippen molar-refractivity contribution in [3.8, 4) is 0 Å². The van der Waals surface area contributed by atoms with Crippen LogP contribution in [0.2, 0.25) is 0 Å². The molecule has 0 aromatic heterocycles. The van der Waals surface area contributed by atoms with Gasteiger partial charge >= 0.3 is 13.6 Å². The van der Waals surface area contributed by atoms with Gasteiger partial charge in [0.25, 0.3) is 0 Å². The van der Waals surface area contributed by atoms with Crippen LogP contribution in [0.15, 0.2) is 5.16 Å². The Morgan fingerprint density at radius 2 is 2.13 bits per heavy atom. The molecule has 0 aliphatic rings. The summed E-state index contributed by atoms with van der Waals surface area (Å²) < 4.78 is 10.6. The second-order valence-electron chi connectivity index (χ2n) is 2.81. The molecule has 0 aromatic carbocycles. The molecule has 8 nitrogen and oxygen atoms in total. The van der Waals surface area contributed by atoms with E-state index in [1.165, 1.54) is 7.11 Å². The highest BCUT2D eigenvalue weighted by atomic mass is 31.2. The molecule has 0 saturated carbocycles. The van der Waals surface area contributed by atoms with E-state index in [1.54, 1.807) is 0 Å². The van der Waals surface area contributed by atoms with Crippen molar-refractivity contribution in [2.45, 2.75) is 12.5 Å². The van der Waals surface area contributed by atoms with Crippen molar-refractivity contribution >= 4 is 19.3 Å². The molecule has 0 radical (unpaired) electrons. The number of nitrogens with two attached hydrogens (primary N) is 1. The van der Waals surface area contributed by atoms with Gasteiger partial charge in [-0.1, -0.05) is 5.16 Å². The van der Waals surface area contributed by atoms with Crippen molar-refractivity contribution in [1.82, 2.24) is 0 Å². The molecule has 0 aliphatic carbocycles. The number of carboxylic acid groups (broad SMARTS) is 1. The molecule has 0 spiro atoms. The molecule has 0 amide bonds. The summed E-state index contributed by atoms with van der Waals surface area (Å²) in [5.41, 5.74) is 5.09. The molecule has 9 heteroatoms. The van der Waals surface area contributed by atoms with E-state index in [1.807, 2.05) is 0 Å². The van der Waals surface area contributed by atoms with Gasteiger partial charge in [0.15, 0.2) is 0 Å². The minimum Gasteiger partial charge on any atom is -0.480 e. The van der Waals surface area contributed by atoms with Crippen LogP contribution in [0.1, 0.15) is 6.42 Å². The van der Waals surface area contributed by atoms with Crippen LogP contribution in [0.3, 0.4) is 0 Å². The Balaban J connectivity index is 4.50. The van der Waals surface area contributed by atoms with Gasteiger partial charge in [-0.05, 0) is 0 Å². The van der Waals surface area contributed by atoms with Gasteiger partial charge in [0.2, 0.25) is 0 Å². The Bertz CT molecular complexity index is 298. The Hall–Kier alpha value is -0.950. The third kappa shape index (κ3) is 7.03. The summed E-state index contributed by atoms with van der Waals surface area (Å²) in [5, 5.41) is 11.8. The van der Waals surface area contributed by atoms with Gasteiger partial charge in [-0.2, -0.15) is 0 Å². The number of nitrogens with zero attached hydrogens (tertiary/aromatic N) is 1. The number of aliphatic carboxylic acids is 1. The SMILES string of the molecule is CON=C(C[C@H](N)C(=O)O)CP(=O)(O)O. The maximum Gasteiger partial charge on any atom is 0.331 e.